The number of rotatable bonds is 2. The van der Waals surface area contributed by atoms with Crippen LogP contribution < -0.4 is 5.32 Å². The van der Waals surface area contributed by atoms with Gasteiger partial charge in [0.05, 0.1) is 10.4 Å². The molecule has 0 fully saturated rings. The molecule has 124 valence electrons. The van der Waals surface area contributed by atoms with Crippen LogP contribution >= 0.6 is 11.3 Å². The van der Waals surface area contributed by atoms with Crippen molar-refractivity contribution >= 4 is 44.1 Å². The summed E-state index contributed by atoms with van der Waals surface area (Å²) in [5.74, 6) is -0.594. The molecule has 1 N–H and O–H groups in total. The lowest BCUT2D eigenvalue weighted by Crippen LogP contribution is -2.10. The maximum absolute atomic E-state index is 13.6. The Hall–Kier alpha value is -2.79. The van der Waals surface area contributed by atoms with Gasteiger partial charge in [0.15, 0.2) is 0 Å². The van der Waals surface area contributed by atoms with Gasteiger partial charge in [-0.05, 0) is 55.3 Å². The van der Waals surface area contributed by atoms with E-state index in [0.717, 1.165) is 26.7 Å². The van der Waals surface area contributed by atoms with Crippen LogP contribution in [0.2, 0.25) is 0 Å². The molecule has 2 aromatic heterocycles. The first-order valence-corrected chi connectivity index (χ1v) is 8.70. The van der Waals surface area contributed by atoms with E-state index in [4.69, 9.17) is 0 Å². The standard InChI is InChI=1S/C20H15FN2OS/c1-11-3-5-13-8-14-9-18(25-20(14)23-17(13)7-11)19(24)22-15-6-4-12(2)16(21)10-15/h3-10H,1-2H3,(H,22,24). The molecule has 0 saturated heterocycles. The van der Waals surface area contributed by atoms with Crippen LogP contribution in [0.25, 0.3) is 21.1 Å². The van der Waals surface area contributed by atoms with Crippen LogP contribution in [0.3, 0.4) is 0 Å². The van der Waals surface area contributed by atoms with Crippen molar-refractivity contribution in [2.75, 3.05) is 5.32 Å². The van der Waals surface area contributed by atoms with Crippen molar-refractivity contribution in [3.05, 3.63) is 70.4 Å². The molecular weight excluding hydrogens is 335 g/mol. The van der Waals surface area contributed by atoms with Gasteiger partial charge in [-0.2, -0.15) is 0 Å². The van der Waals surface area contributed by atoms with Gasteiger partial charge in [0, 0.05) is 16.5 Å². The van der Waals surface area contributed by atoms with Crippen molar-refractivity contribution < 1.29 is 9.18 Å². The Morgan fingerprint density at radius 2 is 1.88 bits per heavy atom. The van der Waals surface area contributed by atoms with Crippen molar-refractivity contribution in [1.29, 1.82) is 0 Å². The molecule has 0 unspecified atom stereocenters. The number of benzene rings is 2. The molecule has 0 radical (unpaired) electrons. The third-order valence-electron chi connectivity index (χ3n) is 4.11. The summed E-state index contributed by atoms with van der Waals surface area (Å²) in [7, 11) is 0. The van der Waals surface area contributed by atoms with Gasteiger partial charge in [-0.25, -0.2) is 9.37 Å². The molecule has 25 heavy (non-hydrogen) atoms. The van der Waals surface area contributed by atoms with Crippen LogP contribution in [0.15, 0.2) is 48.5 Å². The number of amides is 1. The largest absolute Gasteiger partial charge is 0.321 e. The number of hydrogen-bond donors (Lipinski definition) is 1. The third kappa shape index (κ3) is 2.98. The number of aryl methyl sites for hydroxylation is 2. The van der Waals surface area contributed by atoms with E-state index in [2.05, 4.69) is 10.3 Å². The number of fused-ring (bicyclic) bond motifs is 2. The summed E-state index contributed by atoms with van der Waals surface area (Å²) < 4.78 is 13.6. The van der Waals surface area contributed by atoms with Gasteiger partial charge < -0.3 is 5.32 Å². The number of halogens is 1. The van der Waals surface area contributed by atoms with E-state index in [-0.39, 0.29) is 11.7 Å². The van der Waals surface area contributed by atoms with E-state index < -0.39 is 0 Å². The number of carbonyl (C=O) groups is 1. The highest BCUT2D eigenvalue weighted by Gasteiger charge is 2.13. The summed E-state index contributed by atoms with van der Waals surface area (Å²) in [4.78, 5) is 18.5. The Kier molecular flexibility index (Phi) is 3.73. The summed E-state index contributed by atoms with van der Waals surface area (Å²) in [6.45, 7) is 3.71. The minimum atomic E-state index is -0.336. The topological polar surface area (TPSA) is 42.0 Å². The average molecular weight is 350 g/mol. The normalized spacial score (nSPS) is 11.2. The van der Waals surface area contributed by atoms with Gasteiger partial charge in [0.25, 0.3) is 5.91 Å². The Labute approximate surface area is 148 Å². The molecule has 0 aliphatic carbocycles. The maximum Gasteiger partial charge on any atom is 0.265 e. The second-order valence-corrected chi connectivity index (χ2v) is 7.14. The predicted molar refractivity (Wildman–Crippen MR) is 101 cm³/mol. The fourth-order valence-electron chi connectivity index (χ4n) is 2.71. The van der Waals surface area contributed by atoms with E-state index >= 15 is 0 Å². The molecule has 4 rings (SSSR count). The fraction of sp³-hybridized carbons (Fsp3) is 0.100. The fourth-order valence-corrected chi connectivity index (χ4v) is 3.63. The monoisotopic (exact) mass is 350 g/mol. The summed E-state index contributed by atoms with van der Waals surface area (Å²) in [5.41, 5.74) is 3.06. The first-order valence-electron chi connectivity index (χ1n) is 7.88. The molecular formula is C20H15FN2OS. The molecule has 0 bridgehead atoms. The van der Waals surface area contributed by atoms with Crippen LogP contribution in [-0.2, 0) is 0 Å². The van der Waals surface area contributed by atoms with Crippen molar-refractivity contribution in [3.8, 4) is 0 Å². The number of nitrogens with one attached hydrogen (secondary N) is 1. The molecule has 0 atom stereocenters. The van der Waals surface area contributed by atoms with Gasteiger partial charge in [-0.1, -0.05) is 18.2 Å². The Bertz CT molecular complexity index is 1130. The van der Waals surface area contributed by atoms with Crippen LogP contribution in [-0.4, -0.2) is 10.9 Å². The first-order chi connectivity index (χ1) is 12.0. The van der Waals surface area contributed by atoms with Gasteiger partial charge in [-0.3, -0.25) is 4.79 Å². The van der Waals surface area contributed by atoms with E-state index in [1.54, 1.807) is 19.1 Å². The highest BCUT2D eigenvalue weighted by atomic mass is 32.1. The molecule has 2 aromatic carbocycles. The lowest BCUT2D eigenvalue weighted by molar-refractivity contribution is 0.103. The van der Waals surface area contributed by atoms with E-state index in [9.17, 15) is 9.18 Å². The molecule has 1 amide bonds. The minimum absolute atomic E-state index is 0.258. The summed E-state index contributed by atoms with van der Waals surface area (Å²) >= 11 is 1.34. The highest BCUT2D eigenvalue weighted by Crippen LogP contribution is 2.28. The zero-order valence-corrected chi connectivity index (χ0v) is 14.6. The Morgan fingerprint density at radius 3 is 2.68 bits per heavy atom. The van der Waals surface area contributed by atoms with Crippen LogP contribution in [0.4, 0.5) is 10.1 Å². The lowest BCUT2D eigenvalue weighted by atomic mass is 10.1. The molecule has 2 heterocycles. The van der Waals surface area contributed by atoms with Crippen molar-refractivity contribution in [1.82, 2.24) is 4.98 Å². The highest BCUT2D eigenvalue weighted by molar-refractivity contribution is 7.20. The molecule has 0 aliphatic heterocycles. The number of pyridine rings is 1. The van der Waals surface area contributed by atoms with E-state index in [1.807, 2.05) is 37.3 Å². The maximum atomic E-state index is 13.6. The number of hydrogen-bond acceptors (Lipinski definition) is 3. The van der Waals surface area contributed by atoms with Gasteiger partial charge in [0.2, 0.25) is 0 Å². The number of aromatic nitrogens is 1. The SMILES string of the molecule is Cc1ccc2cc3cc(C(=O)Nc4ccc(C)c(F)c4)sc3nc2c1. The van der Waals surface area contributed by atoms with Crippen molar-refractivity contribution in [3.63, 3.8) is 0 Å². The summed E-state index contributed by atoms with van der Waals surface area (Å²) in [5, 5.41) is 4.72. The average Bonchev–Trinajstić information content (AvgIpc) is 2.99. The molecule has 0 spiro atoms. The van der Waals surface area contributed by atoms with Crippen LogP contribution in [0.1, 0.15) is 20.8 Å². The molecule has 0 saturated carbocycles. The zero-order chi connectivity index (χ0) is 17.6. The second-order valence-electron chi connectivity index (χ2n) is 6.11. The quantitative estimate of drug-likeness (QED) is 0.522. The van der Waals surface area contributed by atoms with E-state index in [0.29, 0.717) is 16.1 Å². The van der Waals surface area contributed by atoms with Crippen LogP contribution in [0.5, 0.6) is 0 Å². The number of thiophene rings is 1. The molecule has 0 aliphatic rings. The molecule has 3 nitrogen and oxygen atoms in total. The third-order valence-corrected chi connectivity index (χ3v) is 5.16. The summed E-state index contributed by atoms with van der Waals surface area (Å²) in [6, 6.07) is 14.6. The Morgan fingerprint density at radius 1 is 1.04 bits per heavy atom. The second kappa shape index (κ2) is 5.93. The zero-order valence-electron chi connectivity index (χ0n) is 13.8. The Balaban J connectivity index is 1.69. The van der Waals surface area contributed by atoms with Crippen molar-refractivity contribution in [2.24, 2.45) is 0 Å². The summed E-state index contributed by atoms with van der Waals surface area (Å²) in [6.07, 6.45) is 0. The van der Waals surface area contributed by atoms with E-state index in [1.165, 1.54) is 17.4 Å². The van der Waals surface area contributed by atoms with Gasteiger partial charge in [0.1, 0.15) is 10.6 Å². The minimum Gasteiger partial charge on any atom is -0.321 e. The number of carbonyl (C=O) groups excluding carboxylic acids is 1. The smallest absolute Gasteiger partial charge is 0.265 e. The number of nitrogens with zero attached hydrogens (tertiary/aromatic N) is 1. The van der Waals surface area contributed by atoms with Gasteiger partial charge in [-0.15, -0.1) is 11.3 Å². The predicted octanol–water partition coefficient (Wildman–Crippen LogP) is 5.46. The van der Waals surface area contributed by atoms with Gasteiger partial charge >= 0.3 is 0 Å². The molecule has 5 heteroatoms. The molecule has 4 aromatic rings. The van der Waals surface area contributed by atoms with Crippen LogP contribution in [0, 0.1) is 19.7 Å². The number of anilines is 1. The lowest BCUT2D eigenvalue weighted by Gasteiger charge is -2.04. The van der Waals surface area contributed by atoms with Crippen molar-refractivity contribution in [2.45, 2.75) is 13.8 Å². The first kappa shape index (κ1) is 15.7.